The van der Waals surface area contributed by atoms with Crippen LogP contribution in [-0.4, -0.2) is 20.9 Å². The number of hydrogen-bond donors (Lipinski definition) is 2. The first-order chi connectivity index (χ1) is 5.27. The molecule has 0 aromatic carbocycles. The second-order valence-electron chi connectivity index (χ2n) is 2.28. The van der Waals surface area contributed by atoms with Crippen molar-refractivity contribution >= 4 is 5.71 Å². The Balaban J connectivity index is 2.89. The number of imidazole rings is 1. The van der Waals surface area contributed by atoms with Crippen molar-refractivity contribution in [2.24, 2.45) is 5.16 Å². The fourth-order valence-electron chi connectivity index (χ4n) is 0.774. The van der Waals surface area contributed by atoms with Crippen LogP contribution in [0.3, 0.4) is 0 Å². The normalized spacial score (nSPS) is 12.0. The molecule has 0 atom stereocenters. The zero-order valence-electron chi connectivity index (χ0n) is 6.63. The predicted octanol–water partition coefficient (Wildman–Crippen LogP) is 1.17. The van der Waals surface area contributed by atoms with Gasteiger partial charge in [0.15, 0.2) is 5.82 Å². The standard InChI is InChI=1S/C7H11N3O/c1-3-6-4-8-7(9-6)5(2)10-11/h4,11H,3H2,1-2H3,(H,8,9)/b10-5+. The smallest absolute Gasteiger partial charge is 0.155 e. The monoisotopic (exact) mass is 153 g/mol. The van der Waals surface area contributed by atoms with Gasteiger partial charge in [-0.15, -0.1) is 0 Å². The van der Waals surface area contributed by atoms with Crippen LogP contribution >= 0.6 is 0 Å². The van der Waals surface area contributed by atoms with Gasteiger partial charge in [0.1, 0.15) is 5.71 Å². The van der Waals surface area contributed by atoms with E-state index >= 15 is 0 Å². The molecule has 0 saturated carbocycles. The molecule has 4 heteroatoms. The molecule has 0 radical (unpaired) electrons. The number of nitrogens with zero attached hydrogens (tertiary/aromatic N) is 2. The van der Waals surface area contributed by atoms with Crippen LogP contribution in [0, 0.1) is 0 Å². The first-order valence-corrected chi connectivity index (χ1v) is 3.51. The number of aryl methyl sites for hydroxylation is 1. The van der Waals surface area contributed by atoms with Crippen molar-refractivity contribution in [1.82, 2.24) is 9.97 Å². The van der Waals surface area contributed by atoms with E-state index in [1.54, 1.807) is 6.92 Å². The maximum absolute atomic E-state index is 8.40. The first-order valence-electron chi connectivity index (χ1n) is 3.51. The predicted molar refractivity (Wildman–Crippen MR) is 42.0 cm³/mol. The minimum Gasteiger partial charge on any atom is -0.411 e. The molecule has 0 bridgehead atoms. The summed E-state index contributed by atoms with van der Waals surface area (Å²) in [6, 6.07) is 0. The van der Waals surface area contributed by atoms with Gasteiger partial charge in [0, 0.05) is 6.20 Å². The molecule has 0 fully saturated rings. The number of aromatic nitrogens is 2. The van der Waals surface area contributed by atoms with Crippen molar-refractivity contribution in [3.05, 3.63) is 17.7 Å². The topological polar surface area (TPSA) is 61.3 Å². The van der Waals surface area contributed by atoms with Crippen molar-refractivity contribution in [3.8, 4) is 0 Å². The van der Waals surface area contributed by atoms with E-state index in [0.717, 1.165) is 12.1 Å². The minimum absolute atomic E-state index is 0.504. The Labute approximate surface area is 65.0 Å². The van der Waals surface area contributed by atoms with Crippen LogP contribution in [0.4, 0.5) is 0 Å². The summed E-state index contributed by atoms with van der Waals surface area (Å²) in [5.41, 5.74) is 1.48. The Morgan fingerprint density at radius 2 is 2.55 bits per heavy atom. The van der Waals surface area contributed by atoms with E-state index in [-0.39, 0.29) is 0 Å². The van der Waals surface area contributed by atoms with Crippen LogP contribution in [0.2, 0.25) is 0 Å². The Bertz CT molecular complexity index is 264. The summed E-state index contributed by atoms with van der Waals surface area (Å²) in [5.74, 6) is 0.629. The summed E-state index contributed by atoms with van der Waals surface area (Å²) in [4.78, 5) is 7.06. The van der Waals surface area contributed by atoms with Crippen LogP contribution in [0.1, 0.15) is 25.4 Å². The number of nitrogens with one attached hydrogen (secondary N) is 1. The maximum atomic E-state index is 8.40. The third-order valence-electron chi connectivity index (χ3n) is 1.49. The van der Waals surface area contributed by atoms with E-state index in [2.05, 4.69) is 15.1 Å². The molecular weight excluding hydrogens is 142 g/mol. The van der Waals surface area contributed by atoms with Crippen molar-refractivity contribution in [3.63, 3.8) is 0 Å². The molecule has 1 rings (SSSR count). The average molecular weight is 153 g/mol. The Hall–Kier alpha value is -1.32. The third-order valence-corrected chi connectivity index (χ3v) is 1.49. The molecule has 0 aliphatic heterocycles. The quantitative estimate of drug-likeness (QED) is 0.380. The van der Waals surface area contributed by atoms with Gasteiger partial charge in [0.2, 0.25) is 0 Å². The Morgan fingerprint density at radius 1 is 1.82 bits per heavy atom. The van der Waals surface area contributed by atoms with Crippen molar-refractivity contribution in [2.75, 3.05) is 0 Å². The second-order valence-corrected chi connectivity index (χ2v) is 2.28. The molecule has 1 aromatic heterocycles. The summed E-state index contributed by atoms with van der Waals surface area (Å²) < 4.78 is 0. The van der Waals surface area contributed by atoms with Crippen molar-refractivity contribution < 1.29 is 5.21 Å². The van der Waals surface area contributed by atoms with Gasteiger partial charge >= 0.3 is 0 Å². The second kappa shape index (κ2) is 3.18. The lowest BCUT2D eigenvalue weighted by atomic mass is 10.4. The molecule has 60 valence electrons. The number of hydrogen-bond acceptors (Lipinski definition) is 3. The minimum atomic E-state index is 0.504. The van der Waals surface area contributed by atoms with Gasteiger partial charge in [0.05, 0.1) is 5.69 Å². The zero-order valence-corrected chi connectivity index (χ0v) is 6.63. The fraction of sp³-hybridized carbons (Fsp3) is 0.429. The van der Waals surface area contributed by atoms with Gasteiger partial charge in [-0.2, -0.15) is 0 Å². The summed E-state index contributed by atoms with van der Waals surface area (Å²) in [6.45, 7) is 3.71. The van der Waals surface area contributed by atoms with E-state index in [0.29, 0.717) is 11.5 Å². The lowest BCUT2D eigenvalue weighted by molar-refractivity contribution is 0.318. The molecule has 1 aromatic rings. The zero-order chi connectivity index (χ0) is 8.27. The van der Waals surface area contributed by atoms with E-state index in [4.69, 9.17) is 5.21 Å². The molecule has 0 aliphatic rings. The van der Waals surface area contributed by atoms with E-state index < -0.39 is 0 Å². The molecule has 11 heavy (non-hydrogen) atoms. The SMILES string of the molecule is CCc1c[nH]c(/C(C)=N/O)n1. The lowest BCUT2D eigenvalue weighted by Crippen LogP contribution is -1.97. The summed E-state index contributed by atoms with van der Waals surface area (Å²) >= 11 is 0. The first kappa shape index (κ1) is 7.78. The molecule has 0 unspecified atom stereocenters. The van der Waals surface area contributed by atoms with E-state index in [1.165, 1.54) is 0 Å². The summed E-state index contributed by atoms with van der Waals surface area (Å²) in [7, 11) is 0. The number of aromatic amines is 1. The van der Waals surface area contributed by atoms with Gasteiger partial charge in [-0.05, 0) is 13.3 Å². The molecule has 1 heterocycles. The van der Waals surface area contributed by atoms with Gasteiger partial charge in [-0.3, -0.25) is 0 Å². The van der Waals surface area contributed by atoms with E-state index in [9.17, 15) is 0 Å². The molecule has 2 N–H and O–H groups in total. The molecule has 0 spiro atoms. The van der Waals surface area contributed by atoms with Crippen LogP contribution in [0.15, 0.2) is 11.4 Å². The van der Waals surface area contributed by atoms with Gasteiger partial charge in [0.25, 0.3) is 0 Å². The Morgan fingerprint density at radius 3 is 3.00 bits per heavy atom. The third kappa shape index (κ3) is 1.58. The highest BCUT2D eigenvalue weighted by molar-refractivity contribution is 5.94. The van der Waals surface area contributed by atoms with Crippen LogP contribution in [-0.2, 0) is 6.42 Å². The van der Waals surface area contributed by atoms with Crippen LogP contribution in [0.5, 0.6) is 0 Å². The molecule has 0 amide bonds. The van der Waals surface area contributed by atoms with Gasteiger partial charge in [-0.25, -0.2) is 4.98 Å². The highest BCUT2D eigenvalue weighted by Gasteiger charge is 2.01. The highest BCUT2D eigenvalue weighted by Crippen LogP contribution is 1.98. The molecule has 0 aliphatic carbocycles. The largest absolute Gasteiger partial charge is 0.411 e. The average Bonchev–Trinajstić information content (AvgIpc) is 2.50. The fourth-order valence-corrected chi connectivity index (χ4v) is 0.774. The van der Waals surface area contributed by atoms with Gasteiger partial charge in [-0.1, -0.05) is 12.1 Å². The number of rotatable bonds is 2. The lowest BCUT2D eigenvalue weighted by Gasteiger charge is -1.88. The van der Waals surface area contributed by atoms with Crippen LogP contribution < -0.4 is 0 Å². The Kier molecular flexibility index (Phi) is 2.25. The van der Waals surface area contributed by atoms with Crippen molar-refractivity contribution in [1.29, 1.82) is 0 Å². The van der Waals surface area contributed by atoms with Gasteiger partial charge < -0.3 is 10.2 Å². The van der Waals surface area contributed by atoms with Crippen molar-refractivity contribution in [2.45, 2.75) is 20.3 Å². The molecular formula is C7H11N3O. The maximum Gasteiger partial charge on any atom is 0.155 e. The van der Waals surface area contributed by atoms with E-state index in [1.807, 2.05) is 13.1 Å². The number of oxime groups is 1. The summed E-state index contributed by atoms with van der Waals surface area (Å²) in [5, 5.41) is 11.4. The summed E-state index contributed by atoms with van der Waals surface area (Å²) in [6.07, 6.45) is 2.69. The molecule has 0 saturated heterocycles. The van der Waals surface area contributed by atoms with Crippen LogP contribution in [0.25, 0.3) is 0 Å². The highest BCUT2D eigenvalue weighted by atomic mass is 16.4. The number of H-pyrrole nitrogens is 1. The molecule has 4 nitrogen and oxygen atoms in total.